The second-order valence-corrected chi connectivity index (χ2v) is 8.13. The summed E-state index contributed by atoms with van der Waals surface area (Å²) in [6.45, 7) is 11.0. The maximum absolute atomic E-state index is 12.4. The van der Waals surface area contributed by atoms with Crippen LogP contribution >= 0.6 is 0 Å². The van der Waals surface area contributed by atoms with Gasteiger partial charge in [0.05, 0.1) is 0 Å². The highest BCUT2D eigenvalue weighted by Gasteiger charge is 2.56. The average molecular weight is 268 g/mol. The number of hydrogen-bond donors (Lipinski definition) is 1. The number of carbonyl (C=O) groups is 1. The van der Waals surface area contributed by atoms with Crippen molar-refractivity contribution >= 4 is 6.09 Å². The number of amides is 1. The fraction of sp³-hybridized carbons (Fsp3) is 0.933. The highest BCUT2D eigenvalue weighted by Crippen LogP contribution is 2.55. The molecule has 4 heteroatoms. The lowest BCUT2D eigenvalue weighted by Gasteiger charge is -2.61. The molecule has 1 spiro atoms. The molecule has 19 heavy (non-hydrogen) atoms. The number of nitrogens with zero attached hydrogens (tertiary/aromatic N) is 1. The van der Waals surface area contributed by atoms with Crippen molar-refractivity contribution in [1.82, 2.24) is 4.90 Å². The van der Waals surface area contributed by atoms with Gasteiger partial charge in [0.1, 0.15) is 5.60 Å². The van der Waals surface area contributed by atoms with Gasteiger partial charge in [-0.2, -0.15) is 0 Å². The van der Waals surface area contributed by atoms with E-state index in [0.29, 0.717) is 5.41 Å². The first-order valence-electron chi connectivity index (χ1n) is 7.29. The zero-order chi connectivity index (χ0) is 14.5. The van der Waals surface area contributed by atoms with E-state index in [9.17, 15) is 4.79 Å². The number of nitrogens with two attached hydrogens (primary N) is 1. The molecule has 1 heterocycles. The Morgan fingerprint density at radius 2 is 1.89 bits per heavy atom. The largest absolute Gasteiger partial charge is 0.444 e. The Bertz CT molecular complexity index is 357. The van der Waals surface area contributed by atoms with Gasteiger partial charge in [-0.25, -0.2) is 4.79 Å². The summed E-state index contributed by atoms with van der Waals surface area (Å²) in [4.78, 5) is 14.4. The molecule has 0 bridgehead atoms. The van der Waals surface area contributed by atoms with Crippen molar-refractivity contribution in [2.24, 2.45) is 11.1 Å². The van der Waals surface area contributed by atoms with Crippen LogP contribution in [0.2, 0.25) is 0 Å². The van der Waals surface area contributed by atoms with E-state index in [2.05, 4.69) is 13.8 Å². The molecule has 1 atom stereocenters. The Labute approximate surface area is 116 Å². The first-order valence-corrected chi connectivity index (χ1v) is 7.29. The van der Waals surface area contributed by atoms with Crippen molar-refractivity contribution in [2.45, 2.75) is 77.5 Å². The third-order valence-electron chi connectivity index (χ3n) is 4.17. The maximum atomic E-state index is 12.4. The Kier molecular flexibility index (Phi) is 3.37. The number of rotatable bonds is 0. The van der Waals surface area contributed by atoms with E-state index in [-0.39, 0.29) is 17.7 Å². The van der Waals surface area contributed by atoms with E-state index in [4.69, 9.17) is 10.5 Å². The molecule has 4 nitrogen and oxygen atoms in total. The molecular formula is C15H28N2O2. The second kappa shape index (κ2) is 4.37. The number of piperidine rings is 1. The lowest BCUT2D eigenvalue weighted by molar-refractivity contribution is -0.0953. The van der Waals surface area contributed by atoms with Gasteiger partial charge in [-0.1, -0.05) is 13.8 Å². The molecule has 1 aliphatic heterocycles. The van der Waals surface area contributed by atoms with Crippen molar-refractivity contribution in [1.29, 1.82) is 0 Å². The molecule has 1 saturated heterocycles. The van der Waals surface area contributed by atoms with Crippen LogP contribution in [0, 0.1) is 5.41 Å². The Morgan fingerprint density at radius 3 is 2.37 bits per heavy atom. The van der Waals surface area contributed by atoms with E-state index < -0.39 is 5.60 Å². The molecule has 0 aromatic rings. The fourth-order valence-electron chi connectivity index (χ4n) is 3.90. The Morgan fingerprint density at radius 1 is 1.32 bits per heavy atom. The SMILES string of the molecule is CC1(C)CC2(CC(N)CCN2C(=O)OC(C)(C)C)C1. The number of ether oxygens (including phenoxy) is 1. The molecule has 1 saturated carbocycles. The van der Waals surface area contributed by atoms with E-state index >= 15 is 0 Å². The van der Waals surface area contributed by atoms with Gasteiger partial charge >= 0.3 is 6.09 Å². The molecular weight excluding hydrogens is 240 g/mol. The fourth-order valence-corrected chi connectivity index (χ4v) is 3.90. The zero-order valence-electron chi connectivity index (χ0n) is 13.0. The minimum absolute atomic E-state index is 0.0521. The van der Waals surface area contributed by atoms with Crippen LogP contribution in [0.3, 0.4) is 0 Å². The van der Waals surface area contributed by atoms with Crippen LogP contribution < -0.4 is 5.73 Å². The lowest BCUT2D eigenvalue weighted by Crippen LogP contribution is -2.67. The summed E-state index contributed by atoms with van der Waals surface area (Å²) >= 11 is 0. The molecule has 2 aliphatic rings. The Balaban J connectivity index is 2.12. The normalized spacial score (nSPS) is 28.9. The van der Waals surface area contributed by atoms with Gasteiger partial charge < -0.3 is 15.4 Å². The van der Waals surface area contributed by atoms with Crippen LogP contribution in [0.1, 0.15) is 60.3 Å². The van der Waals surface area contributed by atoms with E-state index in [1.807, 2.05) is 25.7 Å². The third-order valence-corrected chi connectivity index (χ3v) is 4.17. The van der Waals surface area contributed by atoms with Crippen molar-refractivity contribution in [2.75, 3.05) is 6.54 Å². The first-order chi connectivity index (χ1) is 8.53. The van der Waals surface area contributed by atoms with Crippen molar-refractivity contribution in [3.63, 3.8) is 0 Å². The molecule has 1 unspecified atom stereocenters. The van der Waals surface area contributed by atoms with Gasteiger partial charge in [-0.3, -0.25) is 0 Å². The minimum atomic E-state index is -0.433. The molecule has 1 amide bonds. The highest BCUT2D eigenvalue weighted by atomic mass is 16.6. The van der Waals surface area contributed by atoms with Gasteiger partial charge in [0.15, 0.2) is 0 Å². The van der Waals surface area contributed by atoms with Crippen LogP contribution in [0.4, 0.5) is 4.79 Å². The predicted molar refractivity (Wildman–Crippen MR) is 75.9 cm³/mol. The topological polar surface area (TPSA) is 55.6 Å². The molecule has 0 radical (unpaired) electrons. The number of carbonyl (C=O) groups excluding carboxylic acids is 1. The Hall–Kier alpha value is -0.770. The summed E-state index contributed by atoms with van der Waals surface area (Å²) in [6, 6.07) is 0.217. The van der Waals surface area contributed by atoms with E-state index in [1.165, 1.54) is 0 Å². The van der Waals surface area contributed by atoms with Gasteiger partial charge in [0.25, 0.3) is 0 Å². The lowest BCUT2D eigenvalue weighted by atomic mass is 9.55. The van der Waals surface area contributed by atoms with Crippen LogP contribution in [-0.4, -0.2) is 34.7 Å². The first kappa shape index (κ1) is 14.6. The van der Waals surface area contributed by atoms with Crippen LogP contribution in [0.5, 0.6) is 0 Å². The highest BCUT2D eigenvalue weighted by molar-refractivity contribution is 5.70. The molecule has 2 rings (SSSR count). The maximum Gasteiger partial charge on any atom is 0.410 e. The number of likely N-dealkylation sites (tertiary alicyclic amines) is 1. The second-order valence-electron chi connectivity index (χ2n) is 8.13. The minimum Gasteiger partial charge on any atom is -0.444 e. The molecule has 1 aliphatic carbocycles. The van der Waals surface area contributed by atoms with Crippen molar-refractivity contribution < 1.29 is 9.53 Å². The standard InChI is InChI=1S/C15H28N2O2/c1-13(2,3)19-12(18)17-7-6-11(16)8-15(17)9-14(4,5)10-15/h11H,6-10,16H2,1-5H3. The average Bonchev–Trinajstić information content (AvgIpc) is 2.10. The summed E-state index contributed by atoms with van der Waals surface area (Å²) in [7, 11) is 0. The molecule has 0 aromatic heterocycles. The molecule has 2 fully saturated rings. The molecule has 2 N–H and O–H groups in total. The molecule has 0 aromatic carbocycles. The van der Waals surface area contributed by atoms with Gasteiger partial charge in [0.2, 0.25) is 0 Å². The van der Waals surface area contributed by atoms with Gasteiger partial charge in [0, 0.05) is 18.1 Å². The number of hydrogen-bond acceptors (Lipinski definition) is 3. The summed E-state index contributed by atoms with van der Waals surface area (Å²) in [6.07, 6.45) is 3.69. The summed E-state index contributed by atoms with van der Waals surface area (Å²) in [5.41, 5.74) is 5.95. The van der Waals surface area contributed by atoms with Crippen molar-refractivity contribution in [3.05, 3.63) is 0 Å². The summed E-state index contributed by atoms with van der Waals surface area (Å²) in [5.74, 6) is 0. The quantitative estimate of drug-likeness (QED) is 0.735. The van der Waals surface area contributed by atoms with Crippen LogP contribution in [0.15, 0.2) is 0 Å². The van der Waals surface area contributed by atoms with E-state index in [0.717, 1.165) is 32.2 Å². The summed E-state index contributed by atoms with van der Waals surface area (Å²) < 4.78 is 5.56. The van der Waals surface area contributed by atoms with Gasteiger partial charge in [-0.15, -0.1) is 0 Å². The predicted octanol–water partition coefficient (Wildman–Crippen LogP) is 2.90. The van der Waals surface area contributed by atoms with Crippen LogP contribution in [-0.2, 0) is 4.74 Å². The monoisotopic (exact) mass is 268 g/mol. The van der Waals surface area contributed by atoms with Crippen LogP contribution in [0.25, 0.3) is 0 Å². The van der Waals surface area contributed by atoms with Gasteiger partial charge in [-0.05, 0) is 51.9 Å². The van der Waals surface area contributed by atoms with E-state index in [1.54, 1.807) is 0 Å². The van der Waals surface area contributed by atoms with Crippen molar-refractivity contribution in [3.8, 4) is 0 Å². The smallest absolute Gasteiger partial charge is 0.410 e. The zero-order valence-corrected chi connectivity index (χ0v) is 13.0. The molecule has 110 valence electrons. The summed E-state index contributed by atoms with van der Waals surface area (Å²) in [5, 5.41) is 0. The third kappa shape index (κ3) is 3.04.